The van der Waals surface area contributed by atoms with E-state index >= 15 is 0 Å². The lowest BCUT2D eigenvalue weighted by atomic mass is 10.2. The SMILES string of the molecule is CSCc1cc2cccc(Br)c2[nH]1. The summed E-state index contributed by atoms with van der Waals surface area (Å²) in [6, 6.07) is 8.45. The van der Waals surface area contributed by atoms with Crippen molar-refractivity contribution >= 4 is 38.6 Å². The first-order chi connectivity index (χ1) is 6.31. The van der Waals surface area contributed by atoms with Gasteiger partial charge in [0.1, 0.15) is 0 Å². The summed E-state index contributed by atoms with van der Waals surface area (Å²) in [5.74, 6) is 1.04. The van der Waals surface area contributed by atoms with E-state index in [0.717, 1.165) is 10.2 Å². The molecule has 1 N–H and O–H groups in total. The van der Waals surface area contributed by atoms with Crippen molar-refractivity contribution in [1.29, 1.82) is 0 Å². The summed E-state index contributed by atoms with van der Waals surface area (Å²) in [5.41, 5.74) is 2.49. The fourth-order valence-corrected chi connectivity index (χ4v) is 2.36. The largest absolute Gasteiger partial charge is 0.357 e. The fourth-order valence-electron chi connectivity index (χ4n) is 1.41. The zero-order valence-electron chi connectivity index (χ0n) is 7.30. The molecule has 0 unspecified atom stereocenters. The third-order valence-corrected chi connectivity index (χ3v) is 3.22. The summed E-state index contributed by atoms with van der Waals surface area (Å²) in [5, 5.41) is 1.28. The van der Waals surface area contributed by atoms with Crippen LogP contribution in [0.25, 0.3) is 10.9 Å². The van der Waals surface area contributed by atoms with Crippen LogP contribution in [-0.2, 0) is 5.75 Å². The van der Waals surface area contributed by atoms with Crippen LogP contribution in [0.3, 0.4) is 0 Å². The third-order valence-electron chi connectivity index (χ3n) is 1.96. The molecular weight excluding hydrogens is 246 g/mol. The second-order valence-electron chi connectivity index (χ2n) is 2.93. The van der Waals surface area contributed by atoms with Crippen molar-refractivity contribution in [2.45, 2.75) is 5.75 Å². The van der Waals surface area contributed by atoms with Crippen LogP contribution < -0.4 is 0 Å². The number of aromatic nitrogens is 1. The quantitative estimate of drug-likeness (QED) is 0.864. The molecule has 68 valence electrons. The van der Waals surface area contributed by atoms with Gasteiger partial charge in [0.25, 0.3) is 0 Å². The van der Waals surface area contributed by atoms with Crippen LogP contribution in [-0.4, -0.2) is 11.2 Å². The van der Waals surface area contributed by atoms with Gasteiger partial charge in [0.15, 0.2) is 0 Å². The van der Waals surface area contributed by atoms with Crippen LogP contribution in [0, 0.1) is 0 Å². The Morgan fingerprint density at radius 2 is 2.31 bits per heavy atom. The van der Waals surface area contributed by atoms with E-state index in [0.29, 0.717) is 0 Å². The van der Waals surface area contributed by atoms with E-state index in [2.05, 4.69) is 51.4 Å². The predicted molar refractivity (Wildman–Crippen MR) is 63.2 cm³/mol. The van der Waals surface area contributed by atoms with Gasteiger partial charge in [-0.1, -0.05) is 12.1 Å². The number of fused-ring (bicyclic) bond motifs is 1. The molecule has 0 saturated carbocycles. The highest BCUT2D eigenvalue weighted by molar-refractivity contribution is 9.10. The Bertz CT molecular complexity index is 422. The summed E-state index contributed by atoms with van der Waals surface area (Å²) in [6.45, 7) is 0. The van der Waals surface area contributed by atoms with Crippen molar-refractivity contribution in [2.75, 3.05) is 6.26 Å². The third kappa shape index (κ3) is 1.76. The topological polar surface area (TPSA) is 15.8 Å². The van der Waals surface area contributed by atoms with Gasteiger partial charge in [-0.3, -0.25) is 0 Å². The van der Waals surface area contributed by atoms with Crippen molar-refractivity contribution in [3.8, 4) is 0 Å². The molecule has 0 bridgehead atoms. The molecule has 0 fully saturated rings. The van der Waals surface area contributed by atoms with E-state index in [-0.39, 0.29) is 0 Å². The predicted octanol–water partition coefficient (Wildman–Crippen LogP) is 3.79. The smallest absolute Gasteiger partial charge is 0.0600 e. The molecule has 1 aromatic carbocycles. The molecule has 2 aromatic rings. The van der Waals surface area contributed by atoms with E-state index in [1.165, 1.54) is 16.6 Å². The molecule has 1 nitrogen and oxygen atoms in total. The van der Waals surface area contributed by atoms with Crippen molar-refractivity contribution < 1.29 is 0 Å². The van der Waals surface area contributed by atoms with E-state index in [1.807, 2.05) is 11.8 Å². The van der Waals surface area contributed by atoms with Crippen LogP contribution in [0.2, 0.25) is 0 Å². The summed E-state index contributed by atoms with van der Waals surface area (Å²) >= 11 is 5.35. The van der Waals surface area contributed by atoms with Crippen LogP contribution in [0.5, 0.6) is 0 Å². The Morgan fingerprint density at radius 3 is 3.00 bits per heavy atom. The number of para-hydroxylation sites is 1. The number of thioether (sulfide) groups is 1. The van der Waals surface area contributed by atoms with Gasteiger partial charge in [0, 0.05) is 21.3 Å². The molecule has 0 radical (unpaired) electrons. The zero-order chi connectivity index (χ0) is 9.26. The Morgan fingerprint density at radius 1 is 1.46 bits per heavy atom. The molecule has 1 aromatic heterocycles. The van der Waals surface area contributed by atoms with Gasteiger partial charge >= 0.3 is 0 Å². The van der Waals surface area contributed by atoms with Gasteiger partial charge in [-0.15, -0.1) is 0 Å². The normalized spacial score (nSPS) is 10.9. The minimum Gasteiger partial charge on any atom is -0.357 e. The van der Waals surface area contributed by atoms with Crippen LogP contribution >= 0.6 is 27.7 Å². The molecule has 0 atom stereocenters. The van der Waals surface area contributed by atoms with Crippen LogP contribution in [0.1, 0.15) is 5.69 Å². The number of rotatable bonds is 2. The Balaban J connectivity index is 2.55. The first-order valence-corrected chi connectivity index (χ1v) is 6.25. The molecule has 0 aliphatic rings. The number of nitrogens with one attached hydrogen (secondary N) is 1. The van der Waals surface area contributed by atoms with E-state index in [4.69, 9.17) is 0 Å². The minimum absolute atomic E-state index is 1.04. The summed E-state index contributed by atoms with van der Waals surface area (Å²) < 4.78 is 1.14. The number of aromatic amines is 1. The molecule has 2 rings (SSSR count). The maximum absolute atomic E-state index is 3.52. The molecule has 0 aliphatic carbocycles. The van der Waals surface area contributed by atoms with Crippen LogP contribution in [0.15, 0.2) is 28.7 Å². The second kappa shape index (κ2) is 3.76. The van der Waals surface area contributed by atoms with Gasteiger partial charge in [-0.2, -0.15) is 11.8 Å². The molecule has 13 heavy (non-hydrogen) atoms. The standard InChI is InChI=1S/C10H10BrNS/c1-13-6-8-5-7-3-2-4-9(11)10(7)12-8/h2-5,12H,6H2,1H3. The highest BCUT2D eigenvalue weighted by Gasteiger charge is 2.02. The highest BCUT2D eigenvalue weighted by Crippen LogP contribution is 2.24. The number of hydrogen-bond acceptors (Lipinski definition) is 1. The van der Waals surface area contributed by atoms with Gasteiger partial charge < -0.3 is 4.98 Å². The van der Waals surface area contributed by atoms with Gasteiger partial charge in [-0.05, 0) is 34.3 Å². The number of hydrogen-bond donors (Lipinski definition) is 1. The van der Waals surface area contributed by atoms with Crippen molar-refractivity contribution in [1.82, 2.24) is 4.98 Å². The molecule has 0 aliphatic heterocycles. The molecule has 0 spiro atoms. The molecular formula is C10H10BrNS. The number of H-pyrrole nitrogens is 1. The van der Waals surface area contributed by atoms with Crippen LogP contribution in [0.4, 0.5) is 0 Å². The molecule has 0 amide bonds. The van der Waals surface area contributed by atoms with E-state index < -0.39 is 0 Å². The Kier molecular flexibility index (Phi) is 2.65. The number of halogens is 1. The minimum atomic E-state index is 1.04. The maximum Gasteiger partial charge on any atom is 0.0600 e. The average molecular weight is 256 g/mol. The molecule has 0 saturated heterocycles. The molecule has 3 heteroatoms. The van der Waals surface area contributed by atoms with E-state index in [1.54, 1.807) is 0 Å². The lowest BCUT2D eigenvalue weighted by Gasteiger charge is -1.92. The monoisotopic (exact) mass is 255 g/mol. The summed E-state index contributed by atoms with van der Waals surface area (Å²) in [6.07, 6.45) is 2.11. The second-order valence-corrected chi connectivity index (χ2v) is 4.65. The maximum atomic E-state index is 3.52. The van der Waals surface area contributed by atoms with Crippen molar-refractivity contribution in [3.05, 3.63) is 34.4 Å². The lowest BCUT2D eigenvalue weighted by Crippen LogP contribution is -1.76. The first-order valence-electron chi connectivity index (χ1n) is 4.06. The lowest BCUT2D eigenvalue weighted by molar-refractivity contribution is 1.26. The highest BCUT2D eigenvalue weighted by atomic mass is 79.9. The molecule has 1 heterocycles. The Hall–Kier alpha value is -0.410. The van der Waals surface area contributed by atoms with Crippen molar-refractivity contribution in [2.24, 2.45) is 0 Å². The summed E-state index contributed by atoms with van der Waals surface area (Å²) in [7, 11) is 0. The Labute approximate surface area is 90.0 Å². The van der Waals surface area contributed by atoms with Crippen molar-refractivity contribution in [3.63, 3.8) is 0 Å². The first kappa shape index (κ1) is 9.16. The number of benzene rings is 1. The fraction of sp³-hybridized carbons (Fsp3) is 0.200. The van der Waals surface area contributed by atoms with Gasteiger partial charge in [0.05, 0.1) is 5.52 Å². The summed E-state index contributed by atoms with van der Waals surface area (Å²) in [4.78, 5) is 3.40. The van der Waals surface area contributed by atoms with Gasteiger partial charge in [0.2, 0.25) is 0 Å². The zero-order valence-corrected chi connectivity index (χ0v) is 9.71. The van der Waals surface area contributed by atoms with E-state index in [9.17, 15) is 0 Å². The van der Waals surface area contributed by atoms with Gasteiger partial charge in [-0.25, -0.2) is 0 Å². The average Bonchev–Trinajstić information content (AvgIpc) is 2.49.